The summed E-state index contributed by atoms with van der Waals surface area (Å²) in [6.45, 7) is 9.04. The number of ether oxygens (including phenoxy) is 2. The summed E-state index contributed by atoms with van der Waals surface area (Å²) in [6.07, 6.45) is 8.68. The highest BCUT2D eigenvalue weighted by Crippen LogP contribution is 2.54. The zero-order valence-corrected chi connectivity index (χ0v) is 23.8. The minimum atomic E-state index is -0.464. The van der Waals surface area contributed by atoms with E-state index < -0.39 is 5.41 Å². The molecule has 0 N–H and O–H groups in total. The standard InChI is InChI=1S/C37H36O2/c1-23-19-27-22-35-34(33(27)20-24(23)2)21-25(3)26(4)36(35)37(28-9-7-8-10-28,29-11-15-31(38-5)16-12-29)30-13-17-32(39-6)18-14-30/h7-9,11-21H,10,22H2,1-6H3. The van der Waals surface area contributed by atoms with E-state index in [0.29, 0.717) is 0 Å². The van der Waals surface area contributed by atoms with Crippen LogP contribution in [0.4, 0.5) is 0 Å². The Morgan fingerprint density at radius 2 is 1.23 bits per heavy atom. The van der Waals surface area contributed by atoms with Crippen molar-refractivity contribution in [3.05, 3.63) is 141 Å². The highest BCUT2D eigenvalue weighted by Gasteiger charge is 2.44. The molecule has 0 aliphatic heterocycles. The Kier molecular flexibility index (Phi) is 6.22. The predicted molar refractivity (Wildman–Crippen MR) is 161 cm³/mol. The summed E-state index contributed by atoms with van der Waals surface area (Å²) in [4.78, 5) is 0. The molecule has 2 aliphatic carbocycles. The maximum atomic E-state index is 5.59. The third kappa shape index (κ3) is 3.85. The lowest BCUT2D eigenvalue weighted by Crippen LogP contribution is -2.34. The average Bonchev–Trinajstić information content (AvgIpc) is 3.61. The lowest BCUT2D eigenvalue weighted by molar-refractivity contribution is 0.414. The van der Waals surface area contributed by atoms with Crippen molar-refractivity contribution in [3.63, 3.8) is 0 Å². The molecule has 0 spiro atoms. The van der Waals surface area contributed by atoms with Crippen LogP contribution in [0.25, 0.3) is 11.1 Å². The van der Waals surface area contributed by atoms with Gasteiger partial charge < -0.3 is 9.47 Å². The van der Waals surface area contributed by atoms with Gasteiger partial charge in [0, 0.05) is 0 Å². The minimum Gasteiger partial charge on any atom is -0.497 e. The molecule has 4 aromatic rings. The van der Waals surface area contributed by atoms with Crippen LogP contribution in [0.5, 0.6) is 11.5 Å². The van der Waals surface area contributed by atoms with E-state index >= 15 is 0 Å². The molecule has 2 nitrogen and oxygen atoms in total. The Labute approximate surface area is 232 Å². The summed E-state index contributed by atoms with van der Waals surface area (Å²) in [7, 11) is 3.46. The van der Waals surface area contributed by atoms with Gasteiger partial charge in [0.15, 0.2) is 0 Å². The maximum absolute atomic E-state index is 5.59. The van der Waals surface area contributed by atoms with Gasteiger partial charge in [-0.1, -0.05) is 60.7 Å². The third-order valence-corrected chi connectivity index (χ3v) is 9.01. The van der Waals surface area contributed by atoms with E-state index in [4.69, 9.17) is 9.47 Å². The van der Waals surface area contributed by atoms with E-state index in [0.717, 1.165) is 24.3 Å². The first-order valence-electron chi connectivity index (χ1n) is 13.8. The summed E-state index contributed by atoms with van der Waals surface area (Å²) >= 11 is 0. The van der Waals surface area contributed by atoms with Crippen LogP contribution in [0.3, 0.4) is 0 Å². The molecule has 0 heterocycles. The molecule has 0 aromatic heterocycles. The van der Waals surface area contributed by atoms with Crippen LogP contribution in [-0.2, 0) is 11.8 Å². The van der Waals surface area contributed by atoms with Gasteiger partial charge in [0.25, 0.3) is 0 Å². The summed E-state index contributed by atoms with van der Waals surface area (Å²) in [6, 6.07) is 24.6. The molecule has 0 saturated carbocycles. The summed E-state index contributed by atoms with van der Waals surface area (Å²) < 4.78 is 11.2. The Morgan fingerprint density at radius 3 is 1.77 bits per heavy atom. The van der Waals surface area contributed by atoms with Crippen molar-refractivity contribution in [2.24, 2.45) is 0 Å². The molecule has 0 radical (unpaired) electrons. The number of methoxy groups -OCH3 is 2. The second kappa shape index (κ2) is 9.61. The normalized spacial score (nSPS) is 13.7. The number of benzene rings is 4. The maximum Gasteiger partial charge on any atom is 0.118 e. The fraction of sp³-hybridized carbons (Fsp3) is 0.243. The lowest BCUT2D eigenvalue weighted by Gasteiger charge is -2.41. The first-order chi connectivity index (χ1) is 18.9. The molecule has 2 heteroatoms. The molecule has 0 unspecified atom stereocenters. The fourth-order valence-corrected chi connectivity index (χ4v) is 6.76. The highest BCUT2D eigenvalue weighted by molar-refractivity contribution is 5.83. The first kappa shape index (κ1) is 25.2. The van der Waals surface area contributed by atoms with Crippen LogP contribution >= 0.6 is 0 Å². The molecular weight excluding hydrogens is 476 g/mol. The number of allylic oxidation sites excluding steroid dienone is 4. The van der Waals surface area contributed by atoms with Gasteiger partial charge in [-0.25, -0.2) is 0 Å². The Bertz CT molecular complexity index is 1590. The Hall–Kier alpha value is -4.04. The first-order valence-corrected chi connectivity index (χ1v) is 13.8. The Balaban J connectivity index is 1.74. The smallest absolute Gasteiger partial charge is 0.118 e. The van der Waals surface area contributed by atoms with Crippen LogP contribution in [0.1, 0.15) is 56.5 Å². The van der Waals surface area contributed by atoms with Crippen molar-refractivity contribution in [2.45, 2.75) is 46.0 Å². The number of fused-ring (bicyclic) bond motifs is 3. The quantitative estimate of drug-likeness (QED) is 0.212. The van der Waals surface area contributed by atoms with Gasteiger partial charge in [0.2, 0.25) is 0 Å². The fourth-order valence-electron chi connectivity index (χ4n) is 6.76. The van der Waals surface area contributed by atoms with E-state index in [1.807, 2.05) is 0 Å². The molecule has 196 valence electrons. The SMILES string of the molecule is COc1ccc(C(C2=CC=CC2)(c2ccc(OC)cc2)c2c(C)c(C)cc3c2Cc2cc(C)c(C)cc2-3)cc1. The summed E-state index contributed by atoms with van der Waals surface area (Å²) in [5.41, 5.74) is 15.9. The predicted octanol–water partition coefficient (Wildman–Crippen LogP) is 8.73. The molecule has 2 aliphatic rings. The van der Waals surface area contributed by atoms with E-state index in [1.54, 1.807) is 14.2 Å². The van der Waals surface area contributed by atoms with Crippen LogP contribution in [0.2, 0.25) is 0 Å². The molecule has 0 amide bonds. The van der Waals surface area contributed by atoms with E-state index in [1.165, 1.54) is 66.8 Å². The van der Waals surface area contributed by atoms with E-state index in [2.05, 4.69) is 113 Å². The average molecular weight is 513 g/mol. The second-order valence-corrected chi connectivity index (χ2v) is 11.0. The topological polar surface area (TPSA) is 18.5 Å². The Morgan fingerprint density at radius 1 is 0.667 bits per heavy atom. The number of rotatable bonds is 6. The zero-order chi connectivity index (χ0) is 27.3. The van der Waals surface area contributed by atoms with Crippen molar-refractivity contribution in [1.29, 1.82) is 0 Å². The van der Waals surface area contributed by atoms with Crippen LogP contribution in [-0.4, -0.2) is 14.2 Å². The van der Waals surface area contributed by atoms with Crippen molar-refractivity contribution in [1.82, 2.24) is 0 Å². The van der Waals surface area contributed by atoms with Gasteiger partial charge in [-0.3, -0.25) is 0 Å². The van der Waals surface area contributed by atoms with E-state index in [-0.39, 0.29) is 0 Å². The van der Waals surface area contributed by atoms with Crippen molar-refractivity contribution in [2.75, 3.05) is 14.2 Å². The second-order valence-electron chi connectivity index (χ2n) is 11.0. The van der Waals surface area contributed by atoms with Gasteiger partial charge in [0.1, 0.15) is 11.5 Å². The number of hydrogen-bond acceptors (Lipinski definition) is 2. The summed E-state index contributed by atoms with van der Waals surface area (Å²) in [5, 5.41) is 0. The summed E-state index contributed by atoms with van der Waals surface area (Å²) in [5.74, 6) is 1.73. The van der Waals surface area contributed by atoms with Gasteiger partial charge in [0.05, 0.1) is 19.6 Å². The lowest BCUT2D eigenvalue weighted by atomic mass is 9.61. The van der Waals surface area contributed by atoms with Crippen molar-refractivity contribution < 1.29 is 9.47 Å². The number of hydrogen-bond donors (Lipinski definition) is 0. The molecule has 6 rings (SSSR count). The molecule has 4 aromatic carbocycles. The highest BCUT2D eigenvalue weighted by atomic mass is 16.5. The van der Waals surface area contributed by atoms with Crippen LogP contribution in [0, 0.1) is 27.7 Å². The number of aryl methyl sites for hydroxylation is 3. The molecule has 0 atom stereocenters. The molecule has 0 fully saturated rings. The van der Waals surface area contributed by atoms with Gasteiger partial charge in [-0.05, 0) is 132 Å². The molecular formula is C37H36O2. The van der Waals surface area contributed by atoms with Crippen molar-refractivity contribution >= 4 is 0 Å². The minimum absolute atomic E-state index is 0.464. The van der Waals surface area contributed by atoms with Gasteiger partial charge in [-0.15, -0.1) is 0 Å². The van der Waals surface area contributed by atoms with E-state index in [9.17, 15) is 0 Å². The molecule has 39 heavy (non-hydrogen) atoms. The third-order valence-electron chi connectivity index (χ3n) is 9.01. The monoisotopic (exact) mass is 512 g/mol. The van der Waals surface area contributed by atoms with Crippen LogP contribution in [0.15, 0.2) is 90.5 Å². The molecule has 0 saturated heterocycles. The van der Waals surface area contributed by atoms with Crippen LogP contribution < -0.4 is 9.47 Å². The zero-order valence-electron chi connectivity index (χ0n) is 23.8. The van der Waals surface area contributed by atoms with Gasteiger partial charge in [-0.2, -0.15) is 0 Å². The van der Waals surface area contributed by atoms with Crippen molar-refractivity contribution in [3.8, 4) is 22.6 Å². The molecule has 0 bridgehead atoms. The largest absolute Gasteiger partial charge is 0.497 e. The van der Waals surface area contributed by atoms with Gasteiger partial charge >= 0.3 is 0 Å².